The average Bonchev–Trinajstić information content (AvgIpc) is 2.95. The molecule has 3 rings (SSSR count). The molecule has 41 heavy (non-hydrogen) atoms. The van der Waals surface area contributed by atoms with Crippen LogP contribution in [0.1, 0.15) is 38.1 Å². The summed E-state index contributed by atoms with van der Waals surface area (Å²) in [6.45, 7) is 5.76. The molecule has 2 aliphatic rings. The van der Waals surface area contributed by atoms with Crippen LogP contribution in [0.25, 0.3) is 0 Å². The lowest BCUT2D eigenvalue weighted by Crippen LogP contribution is -2.64. The summed E-state index contributed by atoms with van der Waals surface area (Å²) >= 11 is 0. The van der Waals surface area contributed by atoms with Crippen molar-refractivity contribution >= 4 is 24.2 Å². The fourth-order valence-electron chi connectivity index (χ4n) is 5.09. The number of hydrogen-bond acceptors (Lipinski definition) is 13. The minimum absolute atomic E-state index is 0.0199. The van der Waals surface area contributed by atoms with Crippen molar-refractivity contribution in [3.8, 4) is 0 Å². The van der Waals surface area contributed by atoms with E-state index in [-0.39, 0.29) is 32.0 Å². The average molecular weight is 582 g/mol. The van der Waals surface area contributed by atoms with Gasteiger partial charge in [0.1, 0.15) is 25.4 Å². The van der Waals surface area contributed by atoms with Gasteiger partial charge in [-0.3, -0.25) is 19.2 Å². The molecule has 228 valence electrons. The van der Waals surface area contributed by atoms with E-state index >= 15 is 0 Å². The van der Waals surface area contributed by atoms with Gasteiger partial charge in [0.2, 0.25) is 0 Å². The van der Waals surface area contributed by atoms with Crippen molar-refractivity contribution in [1.82, 2.24) is 5.32 Å². The molecule has 2 heterocycles. The number of methoxy groups -OCH3 is 1. The van der Waals surface area contributed by atoms with Crippen LogP contribution in [-0.2, 0) is 47.5 Å². The number of esters is 2. The van der Waals surface area contributed by atoms with Gasteiger partial charge in [-0.2, -0.15) is 0 Å². The van der Waals surface area contributed by atoms with Crippen LogP contribution in [-0.4, -0.2) is 105 Å². The molecule has 1 aromatic carbocycles. The summed E-state index contributed by atoms with van der Waals surface area (Å²) in [4.78, 5) is 47.2. The van der Waals surface area contributed by atoms with E-state index in [1.807, 2.05) is 13.0 Å². The first-order valence-corrected chi connectivity index (χ1v) is 13.4. The van der Waals surface area contributed by atoms with Crippen molar-refractivity contribution in [3.63, 3.8) is 0 Å². The third kappa shape index (κ3) is 8.53. The van der Waals surface area contributed by atoms with Crippen LogP contribution in [0, 0.1) is 11.8 Å². The Morgan fingerprint density at radius 3 is 2.24 bits per heavy atom. The van der Waals surface area contributed by atoms with E-state index in [2.05, 4.69) is 5.32 Å². The van der Waals surface area contributed by atoms with Crippen molar-refractivity contribution in [3.05, 3.63) is 35.9 Å². The van der Waals surface area contributed by atoms with Crippen molar-refractivity contribution in [2.45, 2.75) is 76.8 Å². The normalized spacial score (nSPS) is 33.4. The van der Waals surface area contributed by atoms with Gasteiger partial charge in [0.25, 0.3) is 6.47 Å². The van der Waals surface area contributed by atoms with Gasteiger partial charge in [-0.1, -0.05) is 44.2 Å². The summed E-state index contributed by atoms with van der Waals surface area (Å²) < 4.78 is 39.6. The number of ketones is 1. The summed E-state index contributed by atoms with van der Waals surface area (Å²) in [5.74, 6) is -2.37. The molecule has 13 nitrogen and oxygen atoms in total. The smallest absolute Gasteiger partial charge is 0.303 e. The van der Waals surface area contributed by atoms with Crippen molar-refractivity contribution in [2.24, 2.45) is 11.8 Å². The van der Waals surface area contributed by atoms with E-state index in [0.717, 1.165) is 0 Å². The standard InChI is InChI=1S/C28H39NO12/c1-15-23(29-11-20(33)19-9-7-6-8-10-19)27(35-5)40-22(13-37-17(3)31)25(15)41-28-26(38-18(4)32)16(2)24(34)21(39-28)12-36-14-30/h6-10,14-16,21-29,34H,11-13H2,1-5H3/t15-,16?,21+,22?,23?,24+,25+,26+,27-,28?/m1/s1. The number of benzene rings is 1. The Bertz CT molecular complexity index is 1020. The van der Waals surface area contributed by atoms with E-state index < -0.39 is 72.9 Å². The van der Waals surface area contributed by atoms with E-state index in [1.165, 1.54) is 21.0 Å². The van der Waals surface area contributed by atoms with Crippen LogP contribution in [0.15, 0.2) is 30.3 Å². The zero-order valence-electron chi connectivity index (χ0n) is 23.8. The predicted molar refractivity (Wildman–Crippen MR) is 140 cm³/mol. The Morgan fingerprint density at radius 2 is 1.63 bits per heavy atom. The predicted octanol–water partition coefficient (Wildman–Crippen LogP) is 0.610. The number of aliphatic hydroxyl groups is 1. The number of aliphatic hydroxyl groups excluding tert-OH is 1. The summed E-state index contributed by atoms with van der Waals surface area (Å²) in [6, 6.07) is 8.25. The second-order valence-electron chi connectivity index (χ2n) is 10.1. The first-order chi connectivity index (χ1) is 19.6. The highest BCUT2D eigenvalue weighted by Crippen LogP contribution is 2.35. The monoisotopic (exact) mass is 581 g/mol. The molecular formula is C28H39NO12. The lowest BCUT2D eigenvalue weighted by molar-refractivity contribution is -0.336. The van der Waals surface area contributed by atoms with Crippen molar-refractivity contribution < 1.29 is 57.4 Å². The second kappa shape index (κ2) is 15.3. The van der Waals surface area contributed by atoms with Crippen LogP contribution >= 0.6 is 0 Å². The molecule has 2 aliphatic heterocycles. The van der Waals surface area contributed by atoms with Crippen molar-refractivity contribution in [2.75, 3.05) is 26.9 Å². The molecule has 0 aromatic heterocycles. The topological polar surface area (TPSA) is 165 Å². The Hall–Kier alpha value is -2.94. The number of nitrogens with one attached hydrogen (secondary N) is 1. The Balaban J connectivity index is 1.86. The van der Waals surface area contributed by atoms with Crippen molar-refractivity contribution in [1.29, 1.82) is 0 Å². The molecule has 4 unspecified atom stereocenters. The summed E-state index contributed by atoms with van der Waals surface area (Å²) in [5, 5.41) is 13.9. The maximum atomic E-state index is 12.8. The highest BCUT2D eigenvalue weighted by Gasteiger charge is 2.51. The molecular weight excluding hydrogens is 542 g/mol. The highest BCUT2D eigenvalue weighted by atomic mass is 16.7. The molecule has 0 radical (unpaired) electrons. The zero-order chi connectivity index (χ0) is 30.1. The van der Waals surface area contributed by atoms with Gasteiger partial charge in [-0.15, -0.1) is 0 Å². The minimum Gasteiger partial charge on any atom is -0.465 e. The van der Waals surface area contributed by atoms with Crippen LogP contribution in [0.2, 0.25) is 0 Å². The van der Waals surface area contributed by atoms with Gasteiger partial charge in [-0.05, 0) is 0 Å². The molecule has 0 amide bonds. The lowest BCUT2D eigenvalue weighted by atomic mass is 9.87. The van der Waals surface area contributed by atoms with E-state index in [0.29, 0.717) is 5.56 Å². The second-order valence-corrected chi connectivity index (χ2v) is 10.1. The number of Topliss-reactive ketones (excluding diaryl/α,β-unsaturated/α-hetero) is 1. The molecule has 2 fully saturated rings. The summed E-state index contributed by atoms with van der Waals surface area (Å²) in [5.41, 5.74) is 0.537. The van der Waals surface area contributed by atoms with Gasteiger partial charge in [0.05, 0.1) is 24.8 Å². The Labute approximate surface area is 238 Å². The maximum Gasteiger partial charge on any atom is 0.303 e. The molecule has 2 saturated heterocycles. The lowest BCUT2D eigenvalue weighted by Gasteiger charge is -2.48. The zero-order valence-corrected chi connectivity index (χ0v) is 23.8. The third-order valence-corrected chi connectivity index (χ3v) is 7.27. The SMILES string of the molecule is CO[C@@H]1OC(COC(C)=O)[C@@H](OC2O[C@@H](COC=O)[C@@H](O)C(C)[C@@H]2OC(C)=O)[C@H](C)C1NCC(=O)c1ccccc1. The first kappa shape index (κ1) is 32.6. The number of ether oxygens (including phenoxy) is 7. The van der Waals surface area contributed by atoms with Crippen LogP contribution in [0.5, 0.6) is 0 Å². The molecule has 0 bridgehead atoms. The molecule has 10 atom stereocenters. The van der Waals surface area contributed by atoms with E-state index in [9.17, 15) is 24.3 Å². The molecule has 0 saturated carbocycles. The van der Waals surface area contributed by atoms with Gasteiger partial charge >= 0.3 is 11.9 Å². The largest absolute Gasteiger partial charge is 0.465 e. The van der Waals surface area contributed by atoms with Gasteiger partial charge in [0.15, 0.2) is 24.5 Å². The summed E-state index contributed by atoms with van der Waals surface area (Å²) in [6.07, 6.45) is -6.84. The van der Waals surface area contributed by atoms with Gasteiger partial charge in [0, 0.05) is 38.4 Å². The van der Waals surface area contributed by atoms with E-state index in [4.69, 9.17) is 33.2 Å². The molecule has 13 heteroatoms. The number of hydrogen-bond donors (Lipinski definition) is 2. The minimum atomic E-state index is -1.21. The van der Waals surface area contributed by atoms with E-state index in [1.54, 1.807) is 31.2 Å². The molecule has 0 aliphatic carbocycles. The Morgan fingerprint density at radius 1 is 0.951 bits per heavy atom. The number of carbonyl (C=O) groups excluding carboxylic acids is 4. The van der Waals surface area contributed by atoms with Gasteiger partial charge in [-0.25, -0.2) is 0 Å². The van der Waals surface area contributed by atoms with Gasteiger partial charge < -0.3 is 43.6 Å². The van der Waals surface area contributed by atoms with Crippen LogP contribution < -0.4 is 5.32 Å². The molecule has 1 aromatic rings. The third-order valence-electron chi connectivity index (χ3n) is 7.27. The van der Waals surface area contributed by atoms with Crippen LogP contribution in [0.3, 0.4) is 0 Å². The molecule has 2 N–H and O–H groups in total. The number of rotatable bonds is 13. The fraction of sp³-hybridized carbons (Fsp3) is 0.643. The molecule has 0 spiro atoms. The number of carbonyl (C=O) groups is 4. The quantitative estimate of drug-likeness (QED) is 0.144. The summed E-state index contributed by atoms with van der Waals surface area (Å²) in [7, 11) is 1.46. The highest BCUT2D eigenvalue weighted by molar-refractivity contribution is 5.97. The first-order valence-electron chi connectivity index (χ1n) is 13.4. The fourth-order valence-corrected chi connectivity index (χ4v) is 5.09. The Kier molecular flexibility index (Phi) is 12.2. The maximum absolute atomic E-state index is 12.8. The van der Waals surface area contributed by atoms with Crippen LogP contribution in [0.4, 0.5) is 0 Å².